The first-order chi connectivity index (χ1) is 10.1. The van der Waals surface area contributed by atoms with Crippen LogP contribution in [0.4, 0.5) is 4.79 Å². The first-order valence-corrected chi connectivity index (χ1v) is 8.07. The molecule has 120 valence electrons. The van der Waals surface area contributed by atoms with Gasteiger partial charge >= 0.3 is 12.0 Å². The fraction of sp³-hybridized carbons (Fsp3) is 0.867. The van der Waals surface area contributed by atoms with E-state index >= 15 is 0 Å². The summed E-state index contributed by atoms with van der Waals surface area (Å²) in [7, 11) is 0. The Morgan fingerprint density at radius 3 is 2.38 bits per heavy atom. The summed E-state index contributed by atoms with van der Waals surface area (Å²) in [4.78, 5) is 25.2. The van der Waals surface area contributed by atoms with E-state index in [1.807, 2.05) is 0 Å². The zero-order valence-corrected chi connectivity index (χ0v) is 12.5. The fourth-order valence-corrected chi connectivity index (χ4v) is 3.31. The molecule has 1 heterocycles. The van der Waals surface area contributed by atoms with E-state index in [4.69, 9.17) is 0 Å². The van der Waals surface area contributed by atoms with Gasteiger partial charge < -0.3 is 20.4 Å². The van der Waals surface area contributed by atoms with Crippen LogP contribution in [0.25, 0.3) is 0 Å². The lowest BCUT2D eigenvalue weighted by molar-refractivity contribution is -0.142. The molecule has 0 bridgehead atoms. The molecule has 2 rings (SSSR count). The molecule has 0 aromatic rings. The number of rotatable bonds is 2. The normalized spacial score (nSPS) is 31.1. The first-order valence-electron chi connectivity index (χ1n) is 8.07. The lowest BCUT2D eigenvalue weighted by atomic mass is 10.1. The van der Waals surface area contributed by atoms with Crippen LogP contribution in [0, 0.1) is 0 Å². The molecule has 1 aliphatic heterocycles. The Morgan fingerprint density at radius 2 is 1.62 bits per heavy atom. The average molecular weight is 298 g/mol. The van der Waals surface area contributed by atoms with Gasteiger partial charge in [-0.1, -0.05) is 32.1 Å². The summed E-state index contributed by atoms with van der Waals surface area (Å²) in [6, 6.07) is -1.33. The van der Waals surface area contributed by atoms with Gasteiger partial charge in [0.2, 0.25) is 0 Å². The van der Waals surface area contributed by atoms with Crippen molar-refractivity contribution in [2.24, 2.45) is 0 Å². The minimum absolute atomic E-state index is 0.252. The molecule has 1 saturated carbocycles. The Bertz CT molecular complexity index is 375. The molecule has 0 aromatic heterocycles. The second-order valence-corrected chi connectivity index (χ2v) is 6.16. The average Bonchev–Trinajstić information content (AvgIpc) is 2.80. The Morgan fingerprint density at radius 1 is 0.952 bits per heavy atom. The SMILES string of the molecule is O=C(O)C1CCCCCN1C(=O)NC1CCCCCC1O. The number of nitrogens with zero attached hydrogens (tertiary/aromatic N) is 1. The minimum atomic E-state index is -0.937. The molecule has 1 saturated heterocycles. The summed E-state index contributed by atoms with van der Waals surface area (Å²) in [5.41, 5.74) is 0. The topological polar surface area (TPSA) is 89.9 Å². The summed E-state index contributed by atoms with van der Waals surface area (Å²) < 4.78 is 0. The molecule has 2 amide bonds. The monoisotopic (exact) mass is 298 g/mol. The van der Waals surface area contributed by atoms with Gasteiger partial charge in [-0.3, -0.25) is 0 Å². The number of hydrogen-bond donors (Lipinski definition) is 3. The van der Waals surface area contributed by atoms with Crippen molar-refractivity contribution in [2.75, 3.05) is 6.54 Å². The molecular formula is C15H26N2O4. The standard InChI is InChI=1S/C15H26N2O4/c18-13-9-5-1-3-7-11(13)16-15(21)17-10-6-2-4-8-12(17)14(19)20/h11-13,18H,1-10H2,(H,16,21)(H,19,20). The molecule has 3 N–H and O–H groups in total. The van der Waals surface area contributed by atoms with Crippen molar-refractivity contribution < 1.29 is 19.8 Å². The van der Waals surface area contributed by atoms with Gasteiger partial charge in [0.15, 0.2) is 0 Å². The van der Waals surface area contributed by atoms with Crippen molar-refractivity contribution >= 4 is 12.0 Å². The largest absolute Gasteiger partial charge is 0.480 e. The number of carbonyl (C=O) groups excluding carboxylic acids is 1. The number of amides is 2. The van der Waals surface area contributed by atoms with Crippen molar-refractivity contribution in [3.05, 3.63) is 0 Å². The zero-order chi connectivity index (χ0) is 15.2. The van der Waals surface area contributed by atoms with Crippen molar-refractivity contribution in [3.63, 3.8) is 0 Å². The molecule has 2 fully saturated rings. The third kappa shape index (κ3) is 4.33. The second kappa shape index (κ2) is 7.64. The van der Waals surface area contributed by atoms with Gasteiger partial charge in [0.05, 0.1) is 12.1 Å². The number of aliphatic hydroxyl groups is 1. The molecule has 3 atom stereocenters. The van der Waals surface area contributed by atoms with E-state index in [-0.39, 0.29) is 12.1 Å². The van der Waals surface area contributed by atoms with Gasteiger partial charge in [-0.2, -0.15) is 0 Å². The van der Waals surface area contributed by atoms with Crippen LogP contribution in [0.3, 0.4) is 0 Å². The van der Waals surface area contributed by atoms with Crippen molar-refractivity contribution in [1.29, 1.82) is 0 Å². The molecule has 1 aliphatic carbocycles. The predicted molar refractivity (Wildman–Crippen MR) is 78.0 cm³/mol. The molecule has 0 spiro atoms. The summed E-state index contributed by atoms with van der Waals surface area (Å²) >= 11 is 0. The summed E-state index contributed by atoms with van der Waals surface area (Å²) in [6.45, 7) is 0.478. The highest BCUT2D eigenvalue weighted by atomic mass is 16.4. The Hall–Kier alpha value is -1.30. The van der Waals surface area contributed by atoms with Gasteiger partial charge in [-0.25, -0.2) is 9.59 Å². The first kappa shape index (κ1) is 16.1. The molecule has 3 unspecified atom stereocenters. The van der Waals surface area contributed by atoms with Crippen molar-refractivity contribution in [1.82, 2.24) is 10.2 Å². The van der Waals surface area contributed by atoms with E-state index in [0.717, 1.165) is 44.9 Å². The van der Waals surface area contributed by atoms with Gasteiger partial charge in [0.1, 0.15) is 6.04 Å². The number of nitrogens with one attached hydrogen (secondary N) is 1. The van der Waals surface area contributed by atoms with Crippen LogP contribution in [0.15, 0.2) is 0 Å². The van der Waals surface area contributed by atoms with Gasteiger partial charge in [-0.15, -0.1) is 0 Å². The molecule has 6 nitrogen and oxygen atoms in total. The highest BCUT2D eigenvalue weighted by molar-refractivity contribution is 5.82. The predicted octanol–water partition coefficient (Wildman–Crippen LogP) is 1.72. The van der Waals surface area contributed by atoms with E-state index in [2.05, 4.69) is 5.32 Å². The molecule has 21 heavy (non-hydrogen) atoms. The van der Waals surface area contributed by atoms with Crippen LogP contribution in [0.5, 0.6) is 0 Å². The Balaban J connectivity index is 2.00. The summed E-state index contributed by atoms with van der Waals surface area (Å²) in [5, 5.41) is 22.3. The van der Waals surface area contributed by atoms with Crippen LogP contribution in [-0.4, -0.2) is 51.8 Å². The van der Waals surface area contributed by atoms with E-state index in [1.54, 1.807) is 0 Å². The van der Waals surface area contributed by atoms with E-state index in [1.165, 1.54) is 4.90 Å². The number of likely N-dealkylation sites (tertiary alicyclic amines) is 1. The molecule has 6 heteroatoms. The maximum Gasteiger partial charge on any atom is 0.326 e. The maximum atomic E-state index is 12.4. The highest BCUT2D eigenvalue weighted by Gasteiger charge is 2.33. The molecule has 2 aliphatic rings. The quantitative estimate of drug-likeness (QED) is 0.677. The maximum absolute atomic E-state index is 12.4. The van der Waals surface area contributed by atoms with Crippen LogP contribution in [-0.2, 0) is 4.79 Å². The van der Waals surface area contributed by atoms with Gasteiger partial charge in [0, 0.05) is 6.54 Å². The smallest absolute Gasteiger partial charge is 0.326 e. The Labute approximate surface area is 125 Å². The minimum Gasteiger partial charge on any atom is -0.480 e. The summed E-state index contributed by atoms with van der Waals surface area (Å²) in [5.74, 6) is -0.937. The lowest BCUT2D eigenvalue weighted by Crippen LogP contribution is -2.53. The number of urea groups is 1. The lowest BCUT2D eigenvalue weighted by Gasteiger charge is -2.30. The molecule has 0 radical (unpaired) electrons. The van der Waals surface area contributed by atoms with Crippen molar-refractivity contribution in [3.8, 4) is 0 Å². The zero-order valence-electron chi connectivity index (χ0n) is 12.5. The van der Waals surface area contributed by atoms with Crippen LogP contribution < -0.4 is 5.32 Å². The Kier molecular flexibility index (Phi) is 5.85. The van der Waals surface area contributed by atoms with E-state index < -0.39 is 18.1 Å². The number of aliphatic carboxylic acids is 1. The van der Waals surface area contributed by atoms with E-state index in [0.29, 0.717) is 19.4 Å². The van der Waals surface area contributed by atoms with Crippen LogP contribution in [0.1, 0.15) is 57.8 Å². The van der Waals surface area contributed by atoms with E-state index in [9.17, 15) is 19.8 Å². The number of carboxylic acids is 1. The van der Waals surface area contributed by atoms with Gasteiger partial charge in [0.25, 0.3) is 0 Å². The fourth-order valence-electron chi connectivity index (χ4n) is 3.31. The van der Waals surface area contributed by atoms with Gasteiger partial charge in [-0.05, 0) is 25.7 Å². The summed E-state index contributed by atoms with van der Waals surface area (Å²) in [6.07, 6.45) is 7.13. The second-order valence-electron chi connectivity index (χ2n) is 6.16. The van der Waals surface area contributed by atoms with Crippen LogP contribution >= 0.6 is 0 Å². The third-order valence-corrected chi connectivity index (χ3v) is 4.59. The number of carboxylic acid groups (broad SMARTS) is 1. The van der Waals surface area contributed by atoms with Crippen LogP contribution in [0.2, 0.25) is 0 Å². The van der Waals surface area contributed by atoms with Crippen molar-refractivity contribution in [2.45, 2.75) is 76.0 Å². The molecular weight excluding hydrogens is 272 g/mol. The number of carbonyl (C=O) groups is 2. The number of aliphatic hydroxyl groups excluding tert-OH is 1. The third-order valence-electron chi connectivity index (χ3n) is 4.59. The molecule has 0 aromatic carbocycles. The number of hydrogen-bond acceptors (Lipinski definition) is 3. The highest BCUT2D eigenvalue weighted by Crippen LogP contribution is 2.20.